The van der Waals surface area contributed by atoms with Crippen molar-refractivity contribution in [3.8, 4) is 5.75 Å². The van der Waals surface area contributed by atoms with Gasteiger partial charge in [0.15, 0.2) is 5.17 Å². The van der Waals surface area contributed by atoms with Gasteiger partial charge >= 0.3 is 0 Å². The van der Waals surface area contributed by atoms with Gasteiger partial charge in [-0.25, -0.2) is 4.99 Å². The number of anilines is 1. The number of nitrogens with zero attached hydrogens (tertiary/aromatic N) is 3. The summed E-state index contributed by atoms with van der Waals surface area (Å²) in [6, 6.07) is 17.8. The highest BCUT2D eigenvalue weighted by Crippen LogP contribution is 2.35. The lowest BCUT2D eigenvalue weighted by atomic mass is 10.1. The Morgan fingerprint density at radius 1 is 1.05 bits per heavy atom. The Kier molecular flexibility index (Phi) is 7.85. The first-order valence-corrected chi connectivity index (χ1v) is 13.8. The predicted octanol–water partition coefficient (Wildman–Crippen LogP) is 4.18. The highest BCUT2D eigenvalue weighted by atomic mass is 32.2. The van der Waals surface area contributed by atoms with Crippen LogP contribution in [-0.4, -0.2) is 52.5 Å². The number of fused-ring (bicyclic) bond motifs is 3. The van der Waals surface area contributed by atoms with E-state index in [2.05, 4.69) is 15.6 Å². The molecule has 0 aliphatic carbocycles. The first-order valence-electron chi connectivity index (χ1n) is 12.0. The Hall–Kier alpha value is -3.96. The summed E-state index contributed by atoms with van der Waals surface area (Å²) in [5, 5.41) is 8.21. The predicted molar refractivity (Wildman–Crippen MR) is 150 cm³/mol. The van der Waals surface area contributed by atoms with E-state index in [0.717, 1.165) is 10.4 Å². The lowest BCUT2D eigenvalue weighted by molar-refractivity contribution is -0.122. The summed E-state index contributed by atoms with van der Waals surface area (Å²) in [4.78, 5) is 50.2. The van der Waals surface area contributed by atoms with Crippen molar-refractivity contribution in [1.82, 2.24) is 10.2 Å². The van der Waals surface area contributed by atoms with Gasteiger partial charge in [0.2, 0.25) is 11.8 Å². The summed E-state index contributed by atoms with van der Waals surface area (Å²) in [7, 11) is 1.54. The van der Waals surface area contributed by atoms with Crippen LogP contribution in [0.15, 0.2) is 76.0 Å². The topological polar surface area (TPSA) is 112 Å². The zero-order chi connectivity index (χ0) is 26.5. The fraction of sp³-hybridized carbons (Fsp3) is 0.222. The smallest absolute Gasteiger partial charge is 0.270 e. The molecule has 0 fully saturated rings. The number of carbonyl (C=O) groups is 3. The quantitative estimate of drug-likeness (QED) is 0.416. The van der Waals surface area contributed by atoms with Crippen molar-refractivity contribution in [2.24, 2.45) is 9.98 Å². The van der Waals surface area contributed by atoms with Gasteiger partial charge in [-0.15, -0.1) is 11.3 Å². The van der Waals surface area contributed by atoms with Crippen LogP contribution in [0.2, 0.25) is 0 Å². The van der Waals surface area contributed by atoms with Gasteiger partial charge in [0.05, 0.1) is 30.8 Å². The maximum Gasteiger partial charge on any atom is 0.270 e. The van der Waals surface area contributed by atoms with Crippen LogP contribution in [0, 0.1) is 0 Å². The molecule has 9 nitrogen and oxygen atoms in total. The Morgan fingerprint density at radius 2 is 1.87 bits per heavy atom. The third-order valence-electron chi connectivity index (χ3n) is 6.01. The number of nitrogens with one attached hydrogen (secondary N) is 2. The molecule has 0 radical (unpaired) electrons. The van der Waals surface area contributed by atoms with Crippen LogP contribution >= 0.6 is 23.1 Å². The minimum Gasteiger partial charge on any atom is -0.495 e. The van der Waals surface area contributed by atoms with Gasteiger partial charge in [-0.1, -0.05) is 42.1 Å². The maximum atomic E-state index is 13.0. The molecule has 3 amide bonds. The van der Waals surface area contributed by atoms with E-state index in [1.165, 1.54) is 11.8 Å². The summed E-state index contributed by atoms with van der Waals surface area (Å²) in [5.74, 6) is 0.415. The molecule has 3 aromatic rings. The first kappa shape index (κ1) is 25.7. The van der Waals surface area contributed by atoms with Gasteiger partial charge in [-0.3, -0.25) is 19.3 Å². The molecule has 5 rings (SSSR count). The maximum absolute atomic E-state index is 13.0. The van der Waals surface area contributed by atoms with Crippen LogP contribution in [0.3, 0.4) is 0 Å². The molecule has 3 heterocycles. The Bertz CT molecular complexity index is 1420. The van der Waals surface area contributed by atoms with Gasteiger partial charge in [0, 0.05) is 16.9 Å². The highest BCUT2D eigenvalue weighted by Gasteiger charge is 2.41. The van der Waals surface area contributed by atoms with E-state index in [4.69, 9.17) is 9.73 Å². The number of carbonyl (C=O) groups excluding carboxylic acids is 3. The summed E-state index contributed by atoms with van der Waals surface area (Å²) in [6.07, 6.45) is 0.437. The average Bonchev–Trinajstić information content (AvgIpc) is 3.57. The molecule has 0 bridgehead atoms. The highest BCUT2D eigenvalue weighted by molar-refractivity contribution is 8.14. The number of amidine groups is 2. The van der Waals surface area contributed by atoms with Crippen LogP contribution in [0.25, 0.3) is 0 Å². The molecule has 194 valence electrons. The number of thioether (sulfide) groups is 1. The Balaban J connectivity index is 1.28. The fourth-order valence-corrected chi connectivity index (χ4v) is 5.69. The van der Waals surface area contributed by atoms with E-state index in [1.54, 1.807) is 35.5 Å². The second-order valence-corrected chi connectivity index (χ2v) is 10.5. The number of ether oxygens (including phenoxy) is 1. The van der Waals surface area contributed by atoms with E-state index in [9.17, 15) is 14.4 Å². The summed E-state index contributed by atoms with van der Waals surface area (Å²) < 4.78 is 5.31. The number of aliphatic imine (C=N–C) groups is 2. The standard InChI is InChI=1S/C27H25N5O4S2/c1-36-22-11-5-4-10-20(22)29-24(34)16-38-27-30-19-9-3-2-8-18(19)25-31-26(35)21(32(25)27)12-13-23(33)28-15-17-7-6-14-37-17/h2-11,14,21H,12-13,15-16H2,1H3,(H,28,33)(H,29,34). The minimum atomic E-state index is -0.672. The molecule has 0 spiro atoms. The third-order valence-corrected chi connectivity index (χ3v) is 7.84. The van der Waals surface area contributed by atoms with Gasteiger partial charge in [0.1, 0.15) is 17.6 Å². The zero-order valence-electron chi connectivity index (χ0n) is 20.5. The number of rotatable bonds is 9. The molecular formula is C27H25N5O4S2. The number of hydrogen-bond donors (Lipinski definition) is 2. The number of para-hydroxylation sites is 3. The van der Waals surface area contributed by atoms with Gasteiger partial charge in [0.25, 0.3) is 5.91 Å². The van der Waals surface area contributed by atoms with Crippen molar-refractivity contribution in [1.29, 1.82) is 0 Å². The normalized spacial score (nSPS) is 15.8. The van der Waals surface area contributed by atoms with Crippen LogP contribution in [0.5, 0.6) is 5.75 Å². The molecule has 1 aromatic heterocycles. The lowest BCUT2D eigenvalue weighted by Gasteiger charge is -2.31. The summed E-state index contributed by atoms with van der Waals surface area (Å²) in [6.45, 7) is 0.456. The number of methoxy groups -OCH3 is 1. The number of thiophene rings is 1. The molecule has 0 saturated carbocycles. The molecule has 1 unspecified atom stereocenters. The van der Waals surface area contributed by atoms with Crippen molar-refractivity contribution < 1.29 is 19.1 Å². The minimum absolute atomic E-state index is 0.0606. The first-order chi connectivity index (χ1) is 18.5. The van der Waals surface area contributed by atoms with E-state index < -0.39 is 6.04 Å². The second-order valence-electron chi connectivity index (χ2n) is 8.50. The number of hydrogen-bond acceptors (Lipinski definition) is 8. The van der Waals surface area contributed by atoms with E-state index in [0.29, 0.717) is 34.7 Å². The molecule has 0 saturated heterocycles. The molecule has 38 heavy (non-hydrogen) atoms. The largest absolute Gasteiger partial charge is 0.495 e. The lowest BCUT2D eigenvalue weighted by Crippen LogP contribution is -2.44. The van der Waals surface area contributed by atoms with Crippen molar-refractivity contribution in [2.45, 2.75) is 25.4 Å². The average molecular weight is 548 g/mol. The molecule has 2 N–H and O–H groups in total. The summed E-state index contributed by atoms with van der Waals surface area (Å²) in [5.41, 5.74) is 1.99. The van der Waals surface area contributed by atoms with E-state index in [-0.39, 0.29) is 36.3 Å². The van der Waals surface area contributed by atoms with Crippen LogP contribution in [0.1, 0.15) is 23.3 Å². The van der Waals surface area contributed by atoms with Gasteiger partial charge in [-0.2, -0.15) is 4.99 Å². The van der Waals surface area contributed by atoms with Crippen molar-refractivity contribution >= 4 is 63.2 Å². The molecular weight excluding hydrogens is 522 g/mol. The zero-order valence-corrected chi connectivity index (χ0v) is 22.2. The van der Waals surface area contributed by atoms with Crippen molar-refractivity contribution in [3.05, 3.63) is 76.5 Å². The molecule has 2 aromatic carbocycles. The van der Waals surface area contributed by atoms with Crippen molar-refractivity contribution in [3.63, 3.8) is 0 Å². The summed E-state index contributed by atoms with van der Waals surface area (Å²) >= 11 is 2.79. The molecule has 2 aliphatic rings. The third kappa shape index (κ3) is 5.63. The van der Waals surface area contributed by atoms with E-state index in [1.807, 2.05) is 53.9 Å². The van der Waals surface area contributed by atoms with Crippen LogP contribution in [-0.2, 0) is 20.9 Å². The molecule has 11 heteroatoms. The monoisotopic (exact) mass is 547 g/mol. The van der Waals surface area contributed by atoms with Crippen LogP contribution < -0.4 is 15.4 Å². The number of amides is 3. The molecule has 2 aliphatic heterocycles. The van der Waals surface area contributed by atoms with Gasteiger partial charge in [-0.05, 0) is 42.1 Å². The SMILES string of the molecule is COc1ccccc1NC(=O)CSC1=Nc2ccccc2C2=NC(=O)C(CCC(=O)NCc3cccs3)N12. The Labute approximate surface area is 228 Å². The Morgan fingerprint density at radius 3 is 2.68 bits per heavy atom. The van der Waals surface area contributed by atoms with E-state index >= 15 is 0 Å². The second kappa shape index (κ2) is 11.6. The molecule has 1 atom stereocenters. The van der Waals surface area contributed by atoms with Crippen molar-refractivity contribution in [2.75, 3.05) is 18.2 Å². The number of benzene rings is 2. The fourth-order valence-electron chi connectivity index (χ4n) is 4.20. The van der Waals surface area contributed by atoms with Crippen LogP contribution in [0.4, 0.5) is 11.4 Å². The van der Waals surface area contributed by atoms with Gasteiger partial charge < -0.3 is 15.4 Å².